The standard InChI is InChI=1S/C15H17F3N2O3/c1-23-12-5-3-2-4-10(12)8-13(21)19-11-6-7-20(14(11)22)9-15(16,17)18/h2-5,11H,6-9H2,1H3,(H,19,21)/t11-/m1/s1. The van der Waals surface area contributed by atoms with E-state index in [0.29, 0.717) is 16.2 Å². The van der Waals surface area contributed by atoms with Crippen LogP contribution in [0.4, 0.5) is 13.2 Å². The fourth-order valence-electron chi connectivity index (χ4n) is 2.51. The van der Waals surface area contributed by atoms with E-state index in [2.05, 4.69) is 5.32 Å². The molecule has 1 aromatic carbocycles. The normalized spacial score (nSPS) is 18.2. The van der Waals surface area contributed by atoms with Gasteiger partial charge in [0.2, 0.25) is 11.8 Å². The summed E-state index contributed by atoms with van der Waals surface area (Å²) < 4.78 is 42.2. The third-order valence-corrected chi connectivity index (χ3v) is 3.55. The van der Waals surface area contributed by atoms with Gasteiger partial charge in [-0.05, 0) is 12.5 Å². The number of hydrogen-bond donors (Lipinski definition) is 1. The summed E-state index contributed by atoms with van der Waals surface area (Å²) in [4.78, 5) is 24.6. The van der Waals surface area contributed by atoms with Crippen LogP contribution in [0.3, 0.4) is 0 Å². The summed E-state index contributed by atoms with van der Waals surface area (Å²) in [7, 11) is 1.48. The van der Waals surface area contributed by atoms with E-state index in [1.807, 2.05) is 0 Å². The number of nitrogens with zero attached hydrogens (tertiary/aromatic N) is 1. The molecule has 2 rings (SSSR count). The Bertz CT molecular complexity index is 590. The van der Waals surface area contributed by atoms with Crippen molar-refractivity contribution in [3.8, 4) is 5.75 Å². The molecule has 1 aromatic rings. The lowest BCUT2D eigenvalue weighted by atomic mass is 10.1. The Labute approximate surface area is 131 Å². The molecular weight excluding hydrogens is 313 g/mol. The summed E-state index contributed by atoms with van der Waals surface area (Å²) in [5.41, 5.74) is 0.644. The third kappa shape index (κ3) is 4.61. The Morgan fingerprint density at radius 2 is 2.09 bits per heavy atom. The van der Waals surface area contributed by atoms with Crippen LogP contribution in [0, 0.1) is 0 Å². The van der Waals surface area contributed by atoms with Gasteiger partial charge in [0.1, 0.15) is 18.3 Å². The lowest BCUT2D eigenvalue weighted by molar-refractivity contribution is -0.158. The summed E-state index contributed by atoms with van der Waals surface area (Å²) in [5, 5.41) is 2.49. The highest BCUT2D eigenvalue weighted by molar-refractivity contribution is 5.90. The minimum absolute atomic E-state index is 0.00688. The Morgan fingerprint density at radius 3 is 2.74 bits per heavy atom. The minimum atomic E-state index is -4.44. The van der Waals surface area contributed by atoms with E-state index in [9.17, 15) is 22.8 Å². The van der Waals surface area contributed by atoms with Gasteiger partial charge in [0.15, 0.2) is 0 Å². The van der Waals surface area contributed by atoms with Crippen molar-refractivity contribution in [1.29, 1.82) is 0 Å². The van der Waals surface area contributed by atoms with E-state index in [0.717, 1.165) is 0 Å². The molecular formula is C15H17F3N2O3. The van der Waals surface area contributed by atoms with Crippen LogP contribution in [0.15, 0.2) is 24.3 Å². The number of carbonyl (C=O) groups excluding carboxylic acids is 2. The molecule has 0 radical (unpaired) electrons. The van der Waals surface area contributed by atoms with Crippen LogP contribution in [-0.4, -0.2) is 49.1 Å². The highest BCUT2D eigenvalue weighted by atomic mass is 19.4. The molecule has 0 unspecified atom stereocenters. The number of amides is 2. The fraction of sp³-hybridized carbons (Fsp3) is 0.467. The Morgan fingerprint density at radius 1 is 1.39 bits per heavy atom. The molecule has 1 N–H and O–H groups in total. The van der Waals surface area contributed by atoms with E-state index >= 15 is 0 Å². The zero-order chi connectivity index (χ0) is 17.0. The molecule has 5 nitrogen and oxygen atoms in total. The van der Waals surface area contributed by atoms with Crippen molar-refractivity contribution in [2.45, 2.75) is 25.1 Å². The second kappa shape index (κ2) is 6.89. The molecule has 1 saturated heterocycles. The molecule has 1 aliphatic rings. The van der Waals surface area contributed by atoms with Crippen LogP contribution >= 0.6 is 0 Å². The molecule has 1 atom stereocenters. The fourth-order valence-corrected chi connectivity index (χ4v) is 2.51. The van der Waals surface area contributed by atoms with Gasteiger partial charge in [-0.2, -0.15) is 13.2 Å². The highest BCUT2D eigenvalue weighted by Gasteiger charge is 2.39. The van der Waals surface area contributed by atoms with Crippen LogP contribution in [0.1, 0.15) is 12.0 Å². The van der Waals surface area contributed by atoms with Gasteiger partial charge in [0.25, 0.3) is 0 Å². The first-order valence-corrected chi connectivity index (χ1v) is 7.07. The first-order valence-electron chi connectivity index (χ1n) is 7.07. The molecule has 0 spiro atoms. The Hall–Kier alpha value is -2.25. The van der Waals surface area contributed by atoms with E-state index in [1.54, 1.807) is 24.3 Å². The second-order valence-corrected chi connectivity index (χ2v) is 5.27. The van der Waals surface area contributed by atoms with Gasteiger partial charge in [-0.1, -0.05) is 18.2 Å². The zero-order valence-electron chi connectivity index (χ0n) is 12.5. The number of ether oxygens (including phenoxy) is 1. The monoisotopic (exact) mass is 330 g/mol. The van der Waals surface area contributed by atoms with E-state index in [1.165, 1.54) is 7.11 Å². The van der Waals surface area contributed by atoms with Gasteiger partial charge in [0, 0.05) is 12.1 Å². The minimum Gasteiger partial charge on any atom is -0.496 e. The number of carbonyl (C=O) groups is 2. The molecule has 1 fully saturated rings. The van der Waals surface area contributed by atoms with Crippen LogP contribution in [0.5, 0.6) is 5.75 Å². The molecule has 1 heterocycles. The van der Waals surface area contributed by atoms with Crippen molar-refractivity contribution in [3.05, 3.63) is 29.8 Å². The average molecular weight is 330 g/mol. The number of alkyl halides is 3. The first-order chi connectivity index (χ1) is 10.8. The van der Waals surface area contributed by atoms with Crippen molar-refractivity contribution in [1.82, 2.24) is 10.2 Å². The van der Waals surface area contributed by atoms with E-state index < -0.39 is 30.6 Å². The number of methoxy groups -OCH3 is 1. The van der Waals surface area contributed by atoms with Crippen LogP contribution in [0.25, 0.3) is 0 Å². The van der Waals surface area contributed by atoms with Crippen molar-refractivity contribution in [2.24, 2.45) is 0 Å². The van der Waals surface area contributed by atoms with Crippen molar-refractivity contribution in [2.75, 3.05) is 20.2 Å². The molecule has 126 valence electrons. The van der Waals surface area contributed by atoms with Gasteiger partial charge in [-0.3, -0.25) is 9.59 Å². The van der Waals surface area contributed by atoms with Crippen molar-refractivity contribution in [3.63, 3.8) is 0 Å². The quantitative estimate of drug-likeness (QED) is 0.890. The average Bonchev–Trinajstić information content (AvgIpc) is 2.79. The summed E-state index contributed by atoms with van der Waals surface area (Å²) in [6, 6.07) is 6.02. The summed E-state index contributed by atoms with van der Waals surface area (Å²) >= 11 is 0. The molecule has 23 heavy (non-hydrogen) atoms. The predicted octanol–water partition coefficient (Wildman–Crippen LogP) is 1.52. The number of benzene rings is 1. The van der Waals surface area contributed by atoms with Crippen LogP contribution < -0.4 is 10.1 Å². The third-order valence-electron chi connectivity index (χ3n) is 3.55. The Kier molecular flexibility index (Phi) is 5.12. The molecule has 0 aliphatic carbocycles. The number of rotatable bonds is 5. The van der Waals surface area contributed by atoms with Crippen molar-refractivity contribution < 1.29 is 27.5 Å². The maximum absolute atomic E-state index is 12.3. The highest BCUT2D eigenvalue weighted by Crippen LogP contribution is 2.21. The molecule has 2 amide bonds. The van der Waals surface area contributed by atoms with E-state index in [4.69, 9.17) is 4.74 Å². The number of likely N-dealkylation sites (tertiary alicyclic amines) is 1. The van der Waals surface area contributed by atoms with Gasteiger partial charge >= 0.3 is 6.18 Å². The number of hydrogen-bond acceptors (Lipinski definition) is 3. The smallest absolute Gasteiger partial charge is 0.406 e. The molecule has 0 bridgehead atoms. The predicted molar refractivity (Wildman–Crippen MR) is 75.9 cm³/mol. The molecule has 1 aliphatic heterocycles. The van der Waals surface area contributed by atoms with Gasteiger partial charge in [-0.25, -0.2) is 0 Å². The number of nitrogens with one attached hydrogen (secondary N) is 1. The molecule has 0 aromatic heterocycles. The topological polar surface area (TPSA) is 58.6 Å². The molecule has 0 saturated carbocycles. The van der Waals surface area contributed by atoms with Gasteiger partial charge in [0.05, 0.1) is 13.5 Å². The molecule has 8 heteroatoms. The van der Waals surface area contributed by atoms with Crippen LogP contribution in [0.2, 0.25) is 0 Å². The van der Waals surface area contributed by atoms with Gasteiger partial charge in [-0.15, -0.1) is 0 Å². The summed E-state index contributed by atoms with van der Waals surface area (Å²) in [6.07, 6.45) is -4.27. The zero-order valence-corrected chi connectivity index (χ0v) is 12.5. The van der Waals surface area contributed by atoms with Crippen LogP contribution in [-0.2, 0) is 16.0 Å². The van der Waals surface area contributed by atoms with Crippen molar-refractivity contribution >= 4 is 11.8 Å². The Balaban J connectivity index is 1.92. The van der Waals surface area contributed by atoms with E-state index in [-0.39, 0.29) is 19.4 Å². The second-order valence-electron chi connectivity index (χ2n) is 5.27. The lowest BCUT2D eigenvalue weighted by Gasteiger charge is -2.18. The SMILES string of the molecule is COc1ccccc1CC(=O)N[C@@H]1CCN(CC(F)(F)F)C1=O. The van der Waals surface area contributed by atoms with Gasteiger partial charge < -0.3 is 15.0 Å². The largest absolute Gasteiger partial charge is 0.496 e. The summed E-state index contributed by atoms with van der Waals surface area (Å²) in [6.45, 7) is -1.30. The maximum Gasteiger partial charge on any atom is 0.406 e. The lowest BCUT2D eigenvalue weighted by Crippen LogP contribution is -2.44. The summed E-state index contributed by atoms with van der Waals surface area (Å²) in [5.74, 6) is -0.587. The number of para-hydroxylation sites is 1. The first kappa shape index (κ1) is 17.1. The number of halogens is 3. The maximum atomic E-state index is 12.3.